The van der Waals surface area contributed by atoms with Gasteiger partial charge in [-0.05, 0) is 67.1 Å². The summed E-state index contributed by atoms with van der Waals surface area (Å²) >= 11 is 12.4. The molecule has 0 radical (unpaired) electrons. The SMILES string of the molecule is Cl.O=CNCC(CCCN1CCC(O)(c2cc(Cl)cc(Cl)c2)CC1)(c1ccccc1)c1ccccc1. The molecule has 36 heavy (non-hydrogen) atoms. The number of hydrogen-bond acceptors (Lipinski definition) is 3. The van der Waals surface area contributed by atoms with E-state index in [2.05, 4.69) is 58.7 Å². The Balaban J connectivity index is 0.00000361. The maximum atomic E-state index is 11.3. The molecule has 1 amide bonds. The van der Waals surface area contributed by atoms with Crippen LogP contribution in [0.3, 0.4) is 0 Å². The van der Waals surface area contributed by atoms with Crippen molar-refractivity contribution in [1.29, 1.82) is 0 Å². The molecular weight excluding hydrogens is 515 g/mol. The molecule has 1 aliphatic rings. The Morgan fingerprint density at radius 1 is 0.917 bits per heavy atom. The van der Waals surface area contributed by atoms with Gasteiger partial charge in [-0.25, -0.2) is 0 Å². The second-order valence-corrected chi connectivity index (χ2v) is 10.3. The third kappa shape index (κ3) is 6.62. The lowest BCUT2D eigenvalue weighted by Crippen LogP contribution is -2.44. The summed E-state index contributed by atoms with van der Waals surface area (Å²) in [6, 6.07) is 26.2. The first-order valence-electron chi connectivity index (χ1n) is 12.1. The molecule has 0 saturated carbocycles. The van der Waals surface area contributed by atoms with Crippen molar-refractivity contribution in [2.45, 2.75) is 36.7 Å². The van der Waals surface area contributed by atoms with Crippen LogP contribution in [0.4, 0.5) is 0 Å². The van der Waals surface area contributed by atoms with Crippen LogP contribution in [0.5, 0.6) is 0 Å². The average molecular weight is 548 g/mol. The maximum absolute atomic E-state index is 11.3. The zero-order valence-electron chi connectivity index (χ0n) is 20.2. The quantitative estimate of drug-likeness (QED) is 0.297. The Labute approximate surface area is 230 Å². The fourth-order valence-electron chi connectivity index (χ4n) is 5.34. The van der Waals surface area contributed by atoms with Crippen molar-refractivity contribution < 1.29 is 9.90 Å². The lowest BCUT2D eigenvalue weighted by Gasteiger charge is -2.40. The normalized spacial score (nSPS) is 15.6. The number of carbonyl (C=O) groups is 1. The smallest absolute Gasteiger partial charge is 0.207 e. The van der Waals surface area contributed by atoms with Gasteiger partial charge in [0.25, 0.3) is 0 Å². The monoisotopic (exact) mass is 546 g/mol. The molecule has 1 fully saturated rings. The van der Waals surface area contributed by atoms with Crippen LogP contribution >= 0.6 is 35.6 Å². The largest absolute Gasteiger partial charge is 0.385 e. The minimum Gasteiger partial charge on any atom is -0.385 e. The predicted octanol–water partition coefficient (Wildman–Crippen LogP) is 6.21. The molecule has 0 aromatic heterocycles. The molecule has 2 N–H and O–H groups in total. The van der Waals surface area contributed by atoms with Crippen LogP contribution < -0.4 is 5.32 Å². The van der Waals surface area contributed by atoms with Gasteiger partial charge in [-0.3, -0.25) is 4.79 Å². The van der Waals surface area contributed by atoms with Gasteiger partial charge in [0.2, 0.25) is 6.41 Å². The number of halogens is 3. The Morgan fingerprint density at radius 2 is 1.44 bits per heavy atom. The van der Waals surface area contributed by atoms with E-state index >= 15 is 0 Å². The molecule has 7 heteroatoms. The highest BCUT2D eigenvalue weighted by Gasteiger charge is 2.36. The van der Waals surface area contributed by atoms with E-state index in [4.69, 9.17) is 23.2 Å². The van der Waals surface area contributed by atoms with Gasteiger partial charge in [-0.2, -0.15) is 0 Å². The Hall–Kier alpha value is -2.08. The van der Waals surface area contributed by atoms with Gasteiger partial charge in [0.05, 0.1) is 5.60 Å². The van der Waals surface area contributed by atoms with Gasteiger partial charge in [-0.1, -0.05) is 83.9 Å². The number of carbonyl (C=O) groups excluding carboxylic acids is 1. The summed E-state index contributed by atoms with van der Waals surface area (Å²) in [6.45, 7) is 3.07. The summed E-state index contributed by atoms with van der Waals surface area (Å²) in [6.07, 6.45) is 3.92. The van der Waals surface area contributed by atoms with Crippen molar-refractivity contribution in [2.75, 3.05) is 26.2 Å². The molecule has 192 valence electrons. The average Bonchev–Trinajstić information content (AvgIpc) is 2.88. The Bertz CT molecular complexity index is 1040. The van der Waals surface area contributed by atoms with Crippen molar-refractivity contribution in [2.24, 2.45) is 0 Å². The van der Waals surface area contributed by atoms with Crippen LogP contribution in [0.25, 0.3) is 0 Å². The van der Waals surface area contributed by atoms with Crippen LogP contribution in [0, 0.1) is 0 Å². The number of nitrogens with zero attached hydrogens (tertiary/aromatic N) is 1. The molecule has 0 bridgehead atoms. The number of nitrogens with one attached hydrogen (secondary N) is 1. The molecule has 1 saturated heterocycles. The summed E-state index contributed by atoms with van der Waals surface area (Å²) in [5, 5.41) is 15.3. The van der Waals surface area contributed by atoms with Crippen molar-refractivity contribution in [3.05, 3.63) is 106 Å². The molecule has 1 aliphatic heterocycles. The highest BCUT2D eigenvalue weighted by atomic mass is 35.5. The third-order valence-electron chi connectivity index (χ3n) is 7.30. The molecule has 4 nitrogen and oxygen atoms in total. The molecule has 0 aliphatic carbocycles. The number of benzene rings is 3. The summed E-state index contributed by atoms with van der Waals surface area (Å²) < 4.78 is 0. The first-order chi connectivity index (χ1) is 16.9. The first-order valence-corrected chi connectivity index (χ1v) is 12.9. The van der Waals surface area contributed by atoms with Crippen molar-refractivity contribution in [3.63, 3.8) is 0 Å². The van der Waals surface area contributed by atoms with E-state index in [1.807, 2.05) is 24.3 Å². The van der Waals surface area contributed by atoms with Crippen LogP contribution in [0.1, 0.15) is 42.4 Å². The van der Waals surface area contributed by atoms with Crippen molar-refractivity contribution >= 4 is 42.0 Å². The van der Waals surface area contributed by atoms with Crippen molar-refractivity contribution in [1.82, 2.24) is 10.2 Å². The predicted molar refractivity (Wildman–Crippen MR) is 150 cm³/mol. The topological polar surface area (TPSA) is 52.6 Å². The summed E-state index contributed by atoms with van der Waals surface area (Å²) in [5.74, 6) is 0. The van der Waals surface area contributed by atoms with E-state index in [1.54, 1.807) is 6.07 Å². The minimum atomic E-state index is -0.906. The van der Waals surface area contributed by atoms with Crippen LogP contribution in [-0.2, 0) is 15.8 Å². The minimum absolute atomic E-state index is 0. The molecule has 1 heterocycles. The second-order valence-electron chi connectivity index (χ2n) is 9.45. The van der Waals surface area contributed by atoms with Gasteiger partial charge in [0, 0.05) is 35.1 Å². The van der Waals surface area contributed by atoms with E-state index in [0.717, 1.165) is 44.4 Å². The molecule has 0 atom stereocenters. The maximum Gasteiger partial charge on any atom is 0.207 e. The van der Waals surface area contributed by atoms with Gasteiger partial charge >= 0.3 is 0 Å². The fraction of sp³-hybridized carbons (Fsp3) is 0.345. The standard InChI is InChI=1S/C29H32Cl2N2O2.ClH/c30-26-18-25(19-27(31)20-26)29(35)13-16-33(17-14-29)15-7-12-28(21-32-22-34,23-8-3-1-4-9-23)24-10-5-2-6-11-24;/h1-6,8-11,18-20,22,35H,7,12-17,21H2,(H,32,34);1H. The van der Waals surface area contributed by atoms with Crippen LogP contribution in [-0.4, -0.2) is 42.6 Å². The summed E-state index contributed by atoms with van der Waals surface area (Å²) in [4.78, 5) is 13.7. The third-order valence-corrected chi connectivity index (χ3v) is 7.74. The van der Waals surface area contributed by atoms with Gasteiger partial charge in [0.15, 0.2) is 0 Å². The number of rotatable bonds is 10. The van der Waals surface area contributed by atoms with Gasteiger partial charge < -0.3 is 15.3 Å². The van der Waals surface area contributed by atoms with E-state index in [0.29, 0.717) is 29.4 Å². The first kappa shape index (κ1) is 28.5. The zero-order valence-corrected chi connectivity index (χ0v) is 22.5. The van der Waals surface area contributed by atoms with Gasteiger partial charge in [-0.15, -0.1) is 12.4 Å². The number of hydrogen-bond donors (Lipinski definition) is 2. The number of piperidine rings is 1. The molecule has 3 aromatic carbocycles. The lowest BCUT2D eigenvalue weighted by atomic mass is 9.71. The highest BCUT2D eigenvalue weighted by molar-refractivity contribution is 6.34. The lowest BCUT2D eigenvalue weighted by molar-refractivity contribution is -0.109. The van der Waals surface area contributed by atoms with Crippen LogP contribution in [0.2, 0.25) is 10.0 Å². The highest BCUT2D eigenvalue weighted by Crippen LogP contribution is 2.38. The molecule has 0 spiro atoms. The number of aliphatic hydroxyl groups is 1. The van der Waals surface area contributed by atoms with E-state index in [1.165, 1.54) is 11.1 Å². The molecule has 0 unspecified atom stereocenters. The molecular formula is C29H33Cl3N2O2. The van der Waals surface area contributed by atoms with E-state index in [-0.39, 0.29) is 17.8 Å². The van der Waals surface area contributed by atoms with Gasteiger partial charge in [0.1, 0.15) is 0 Å². The van der Waals surface area contributed by atoms with E-state index < -0.39 is 5.60 Å². The van der Waals surface area contributed by atoms with Crippen LogP contribution in [0.15, 0.2) is 78.9 Å². The second kappa shape index (κ2) is 12.9. The Morgan fingerprint density at radius 3 is 1.94 bits per heavy atom. The summed E-state index contributed by atoms with van der Waals surface area (Å²) in [7, 11) is 0. The van der Waals surface area contributed by atoms with Crippen molar-refractivity contribution in [3.8, 4) is 0 Å². The number of likely N-dealkylation sites (tertiary alicyclic amines) is 1. The molecule has 3 aromatic rings. The molecule has 4 rings (SSSR count). The Kier molecular flexibility index (Phi) is 10.2. The number of amides is 1. The van der Waals surface area contributed by atoms with E-state index in [9.17, 15) is 9.90 Å². The summed E-state index contributed by atoms with van der Waals surface area (Å²) in [5.41, 5.74) is 1.98. The fourth-order valence-corrected chi connectivity index (χ4v) is 5.87. The zero-order chi connectivity index (χ0) is 24.7.